The largest absolute Gasteiger partial charge is 0.510 e. The van der Waals surface area contributed by atoms with Gasteiger partial charge in [0.1, 0.15) is 11.8 Å². The molecule has 5 rings (SSSR count). The fourth-order valence-electron chi connectivity index (χ4n) is 6.37. The van der Waals surface area contributed by atoms with E-state index in [-0.39, 0.29) is 17.6 Å². The summed E-state index contributed by atoms with van der Waals surface area (Å²) in [6.07, 6.45) is 10.5. The Hall–Kier alpha value is -2.59. The number of hydrogen-bond acceptors (Lipinski definition) is 4. The van der Waals surface area contributed by atoms with Gasteiger partial charge in [-0.15, -0.1) is 0 Å². The molecule has 2 aromatic carbocycles. The normalized spacial score (nSPS) is 26.2. The van der Waals surface area contributed by atoms with Crippen LogP contribution in [-0.4, -0.2) is 23.7 Å². The zero-order valence-electron chi connectivity index (χ0n) is 20.0. The van der Waals surface area contributed by atoms with Crippen LogP contribution in [0.5, 0.6) is 0 Å². The second kappa shape index (κ2) is 10.4. The lowest BCUT2D eigenvalue weighted by atomic mass is 9.76. The highest BCUT2D eigenvalue weighted by molar-refractivity contribution is 5.91. The minimum atomic E-state index is -0.945. The molecule has 2 saturated carbocycles. The van der Waals surface area contributed by atoms with Crippen LogP contribution in [0.15, 0.2) is 72.0 Å². The average molecular weight is 460 g/mol. The van der Waals surface area contributed by atoms with Crippen molar-refractivity contribution in [1.29, 1.82) is 0 Å². The molecule has 0 aromatic heterocycles. The third-order valence-electron chi connectivity index (χ3n) is 8.25. The first-order chi connectivity index (χ1) is 16.7. The Bertz CT molecular complexity index is 990. The van der Waals surface area contributed by atoms with Crippen LogP contribution >= 0.6 is 0 Å². The molecule has 0 bridgehead atoms. The maximum Gasteiger partial charge on any atom is 0.338 e. The molecule has 2 unspecified atom stereocenters. The number of aliphatic hydroxyl groups is 1. The molecule has 2 N–H and O–H groups in total. The predicted octanol–water partition coefficient (Wildman–Crippen LogP) is 6.22. The predicted molar refractivity (Wildman–Crippen MR) is 134 cm³/mol. The number of hydrogen-bond donors (Lipinski definition) is 2. The van der Waals surface area contributed by atoms with E-state index in [1.807, 2.05) is 48.5 Å². The van der Waals surface area contributed by atoms with Crippen LogP contribution in [-0.2, 0) is 21.6 Å². The van der Waals surface area contributed by atoms with E-state index in [1.165, 1.54) is 31.2 Å². The van der Waals surface area contributed by atoms with E-state index in [2.05, 4.69) is 17.4 Å². The summed E-state index contributed by atoms with van der Waals surface area (Å²) in [6, 6.07) is 20.0. The lowest BCUT2D eigenvalue weighted by Crippen LogP contribution is -2.57. The number of aryl methyl sites for hydroxylation is 1. The van der Waals surface area contributed by atoms with Gasteiger partial charge in [0.25, 0.3) is 0 Å². The lowest BCUT2D eigenvalue weighted by molar-refractivity contribution is -0.166. The Morgan fingerprint density at radius 3 is 2.18 bits per heavy atom. The molecule has 1 heterocycles. The molecule has 0 radical (unpaired) electrons. The summed E-state index contributed by atoms with van der Waals surface area (Å²) < 4.78 is 6.49. The van der Waals surface area contributed by atoms with E-state index in [1.54, 1.807) is 0 Å². The average Bonchev–Trinajstić information content (AvgIpc) is 3.58. The molecule has 0 spiro atoms. The van der Waals surface area contributed by atoms with E-state index >= 15 is 0 Å². The number of carbonyl (C=O) groups is 1. The molecule has 4 heteroatoms. The van der Waals surface area contributed by atoms with E-state index in [0.29, 0.717) is 17.9 Å². The Morgan fingerprint density at radius 2 is 1.50 bits per heavy atom. The number of rotatable bonds is 8. The van der Waals surface area contributed by atoms with Crippen LogP contribution in [0, 0.1) is 11.8 Å². The van der Waals surface area contributed by atoms with E-state index < -0.39 is 11.6 Å². The minimum Gasteiger partial charge on any atom is -0.510 e. The van der Waals surface area contributed by atoms with E-state index in [0.717, 1.165) is 44.2 Å². The van der Waals surface area contributed by atoms with Crippen molar-refractivity contribution in [1.82, 2.24) is 5.32 Å². The molecule has 1 aliphatic heterocycles. The molecule has 34 heavy (non-hydrogen) atoms. The Labute approximate surface area is 203 Å². The zero-order valence-corrected chi connectivity index (χ0v) is 20.0. The monoisotopic (exact) mass is 459 g/mol. The molecule has 2 aliphatic carbocycles. The number of esters is 1. The van der Waals surface area contributed by atoms with Crippen molar-refractivity contribution < 1.29 is 14.6 Å². The first kappa shape index (κ1) is 23.2. The summed E-state index contributed by atoms with van der Waals surface area (Å²) in [7, 11) is 0. The highest BCUT2D eigenvalue weighted by Gasteiger charge is 2.52. The smallest absolute Gasteiger partial charge is 0.338 e. The van der Waals surface area contributed by atoms with E-state index in [9.17, 15) is 9.90 Å². The fraction of sp³-hybridized carbons (Fsp3) is 0.500. The quantitative estimate of drug-likeness (QED) is 0.460. The first-order valence-electron chi connectivity index (χ1n) is 13.2. The van der Waals surface area contributed by atoms with Crippen molar-refractivity contribution in [2.75, 3.05) is 6.54 Å². The number of carbonyl (C=O) groups excluding carboxylic acids is 1. The van der Waals surface area contributed by atoms with Gasteiger partial charge < -0.3 is 15.2 Å². The molecule has 2 aromatic rings. The molecule has 2 fully saturated rings. The highest BCUT2D eigenvalue weighted by atomic mass is 16.6. The van der Waals surface area contributed by atoms with Crippen LogP contribution in [0.3, 0.4) is 0 Å². The Morgan fingerprint density at radius 1 is 0.882 bits per heavy atom. The van der Waals surface area contributed by atoms with Gasteiger partial charge in [0.15, 0.2) is 5.60 Å². The van der Waals surface area contributed by atoms with Crippen molar-refractivity contribution >= 4 is 5.97 Å². The summed E-state index contributed by atoms with van der Waals surface area (Å²) in [5.41, 5.74) is 1.72. The maximum absolute atomic E-state index is 13.5. The number of nitrogens with one attached hydrogen (secondary N) is 1. The first-order valence-corrected chi connectivity index (χ1v) is 13.2. The van der Waals surface area contributed by atoms with Crippen LogP contribution < -0.4 is 5.32 Å². The molecule has 2 atom stereocenters. The molecular weight excluding hydrogens is 422 g/mol. The fourth-order valence-corrected chi connectivity index (χ4v) is 6.37. The van der Waals surface area contributed by atoms with Crippen LogP contribution in [0.2, 0.25) is 0 Å². The van der Waals surface area contributed by atoms with Crippen LogP contribution in [0.1, 0.15) is 68.9 Å². The number of aliphatic hydroxyl groups excluding tert-OH is 1. The van der Waals surface area contributed by atoms with Gasteiger partial charge in [0.05, 0.1) is 5.57 Å². The van der Waals surface area contributed by atoms with Gasteiger partial charge in [0, 0.05) is 0 Å². The number of cyclic esters (lactones) is 1. The Balaban J connectivity index is 1.55. The summed E-state index contributed by atoms with van der Waals surface area (Å²) in [5, 5.41) is 15.5. The van der Waals surface area contributed by atoms with Crippen molar-refractivity contribution in [3.63, 3.8) is 0 Å². The van der Waals surface area contributed by atoms with Gasteiger partial charge in [-0.1, -0.05) is 86.3 Å². The van der Waals surface area contributed by atoms with Crippen LogP contribution in [0.25, 0.3) is 0 Å². The van der Waals surface area contributed by atoms with Gasteiger partial charge >= 0.3 is 5.97 Å². The zero-order chi connectivity index (χ0) is 23.4. The Kier molecular flexibility index (Phi) is 7.05. The summed E-state index contributed by atoms with van der Waals surface area (Å²) >= 11 is 0. The molecule has 4 nitrogen and oxygen atoms in total. The summed E-state index contributed by atoms with van der Waals surface area (Å²) in [6.45, 7) is 0.837. The van der Waals surface area contributed by atoms with Crippen molar-refractivity contribution in [2.45, 2.75) is 75.9 Å². The third kappa shape index (κ3) is 4.65. The van der Waals surface area contributed by atoms with Gasteiger partial charge in [-0.05, 0) is 68.0 Å². The second-order valence-corrected chi connectivity index (χ2v) is 10.4. The van der Waals surface area contributed by atoms with Gasteiger partial charge in [-0.3, -0.25) is 0 Å². The van der Waals surface area contributed by atoms with E-state index in [4.69, 9.17) is 4.74 Å². The second-order valence-electron chi connectivity index (χ2n) is 10.4. The van der Waals surface area contributed by atoms with Crippen molar-refractivity contribution in [3.05, 3.63) is 83.1 Å². The minimum absolute atomic E-state index is 0.103. The van der Waals surface area contributed by atoms with Gasteiger partial charge in [-0.25, -0.2) is 4.79 Å². The lowest BCUT2D eigenvalue weighted by Gasteiger charge is -2.45. The number of benzene rings is 2. The molecule has 0 saturated heterocycles. The molecule has 180 valence electrons. The summed E-state index contributed by atoms with van der Waals surface area (Å²) in [4.78, 5) is 13.5. The maximum atomic E-state index is 13.5. The van der Waals surface area contributed by atoms with Gasteiger partial charge in [0.2, 0.25) is 0 Å². The number of ether oxygens (including phenoxy) is 1. The topological polar surface area (TPSA) is 58.6 Å². The van der Waals surface area contributed by atoms with Crippen molar-refractivity contribution in [2.24, 2.45) is 11.8 Å². The summed E-state index contributed by atoms with van der Waals surface area (Å²) in [5.74, 6) is 0.604. The SMILES string of the molecule is O=C1OC(CCc2ccccc2)(c2ccccc2)C(NCC2CCCC2)C(O)=C1C1CCCC1. The van der Waals surface area contributed by atoms with Crippen molar-refractivity contribution in [3.8, 4) is 0 Å². The highest BCUT2D eigenvalue weighted by Crippen LogP contribution is 2.45. The standard InChI is InChI=1S/C30H37NO3/c32-27-26(24-15-9-10-16-24)29(33)34-30(25-17-5-2-6-18-25,20-19-22-11-3-1-4-12-22)28(27)31-21-23-13-7-8-14-23/h1-6,11-12,17-18,23-24,28,31-32H,7-10,13-16,19-21H2. The molecular formula is C30H37NO3. The third-order valence-corrected chi connectivity index (χ3v) is 8.25. The van der Waals surface area contributed by atoms with Gasteiger partial charge in [-0.2, -0.15) is 0 Å². The molecule has 0 amide bonds. The molecule has 3 aliphatic rings. The van der Waals surface area contributed by atoms with Crippen LogP contribution in [0.4, 0.5) is 0 Å².